The molecule has 0 N–H and O–H groups in total. The molecule has 0 saturated carbocycles. The molecular weight excluding hydrogens is 472 g/mol. The summed E-state index contributed by atoms with van der Waals surface area (Å²) in [7, 11) is 0. The maximum absolute atomic E-state index is 12.0. The second-order valence-corrected chi connectivity index (χ2v) is 12.6. The van der Waals surface area contributed by atoms with E-state index in [1.165, 1.54) is 167 Å². The highest BCUT2D eigenvalue weighted by Crippen LogP contribution is 2.42. The molecule has 0 atom stereocenters. The van der Waals surface area contributed by atoms with Crippen molar-refractivity contribution in [2.24, 2.45) is 5.41 Å². The van der Waals surface area contributed by atoms with E-state index in [-0.39, 0.29) is 11.4 Å². The van der Waals surface area contributed by atoms with Gasteiger partial charge in [0.05, 0.1) is 6.42 Å². The largest absolute Gasteiger partial charge is 0.419 e. The Bertz CT molecular complexity index is 514. The number of esters is 1. The lowest BCUT2D eigenvalue weighted by molar-refractivity contribution is -0.133. The second kappa shape index (κ2) is 24.6. The van der Waals surface area contributed by atoms with Crippen molar-refractivity contribution < 1.29 is 9.53 Å². The quantitative estimate of drug-likeness (QED) is 0.0565. The molecule has 1 fully saturated rings. The predicted octanol–water partition coefficient (Wildman–Crippen LogP) is 12.2. The summed E-state index contributed by atoms with van der Waals surface area (Å²) in [6, 6.07) is 0. The molecule has 1 aliphatic rings. The van der Waals surface area contributed by atoms with Crippen LogP contribution in [0.5, 0.6) is 0 Å². The molecule has 1 saturated heterocycles. The molecule has 2 nitrogen and oxygen atoms in total. The van der Waals surface area contributed by atoms with Gasteiger partial charge in [-0.1, -0.05) is 181 Å². The third kappa shape index (κ3) is 18.5. The fraction of sp³-hybridized carbons (Fsp3) is 0.941. The van der Waals surface area contributed by atoms with Crippen LogP contribution in [-0.2, 0) is 9.53 Å². The van der Waals surface area contributed by atoms with Crippen molar-refractivity contribution in [1.29, 1.82) is 0 Å². The van der Waals surface area contributed by atoms with Crippen LogP contribution in [0.1, 0.15) is 200 Å². The van der Waals surface area contributed by atoms with Crippen molar-refractivity contribution in [3.63, 3.8) is 0 Å². The van der Waals surface area contributed by atoms with E-state index in [4.69, 9.17) is 17.0 Å². The molecule has 0 spiro atoms. The molecule has 218 valence electrons. The van der Waals surface area contributed by atoms with Crippen LogP contribution in [0.25, 0.3) is 0 Å². The lowest BCUT2D eigenvalue weighted by Crippen LogP contribution is -2.25. The standard InChI is InChI=1S/C34H64O2S/c1-3-5-7-9-11-13-15-17-19-21-23-25-27-29-34(31-32(35)36-33(34)37)30-28-26-24-22-20-18-16-14-12-10-8-6-4-2/h3-31H2,1-2H3. The number of carbonyl (C=O) groups excluding carboxylic acids is 1. The highest BCUT2D eigenvalue weighted by Gasteiger charge is 2.44. The molecule has 3 heteroatoms. The molecule has 37 heavy (non-hydrogen) atoms. The normalized spacial score (nSPS) is 15.0. The lowest BCUT2D eigenvalue weighted by atomic mass is 9.77. The van der Waals surface area contributed by atoms with Gasteiger partial charge in [0.2, 0.25) is 0 Å². The molecule has 0 aliphatic carbocycles. The zero-order chi connectivity index (χ0) is 26.9. The van der Waals surface area contributed by atoms with Gasteiger partial charge in [0.25, 0.3) is 0 Å². The number of thiocarbonyl (C=S) groups is 1. The van der Waals surface area contributed by atoms with Crippen LogP contribution in [-0.4, -0.2) is 11.0 Å². The SMILES string of the molecule is CCCCCCCCCCCCCCCC1(CCCCCCCCCCCCCCC)CC(=O)OC1=S. The van der Waals surface area contributed by atoms with E-state index in [0.717, 1.165) is 12.8 Å². The number of carbonyl (C=O) groups is 1. The Hall–Kier alpha value is -0.440. The molecule has 1 rings (SSSR count). The number of rotatable bonds is 28. The van der Waals surface area contributed by atoms with E-state index in [9.17, 15) is 4.79 Å². The zero-order valence-electron chi connectivity index (χ0n) is 25.2. The highest BCUT2D eigenvalue weighted by molar-refractivity contribution is 7.80. The Kier molecular flexibility index (Phi) is 23.0. The molecule has 0 aromatic carbocycles. The fourth-order valence-corrected chi connectivity index (χ4v) is 6.43. The molecule has 1 aliphatic heterocycles. The van der Waals surface area contributed by atoms with Gasteiger partial charge in [-0.15, -0.1) is 0 Å². The minimum absolute atomic E-state index is 0.0885. The number of cyclic esters (lactones) is 1. The summed E-state index contributed by atoms with van der Waals surface area (Å²) >= 11 is 5.57. The number of hydrogen-bond donors (Lipinski definition) is 0. The van der Waals surface area contributed by atoms with Crippen LogP contribution < -0.4 is 0 Å². The molecule has 1 heterocycles. The van der Waals surface area contributed by atoms with Crippen LogP contribution in [0, 0.1) is 5.41 Å². The van der Waals surface area contributed by atoms with Crippen molar-refractivity contribution in [3.8, 4) is 0 Å². The smallest absolute Gasteiger partial charge is 0.312 e. The zero-order valence-corrected chi connectivity index (χ0v) is 26.0. The minimum atomic E-state index is -0.137. The number of unbranched alkanes of at least 4 members (excludes halogenated alkanes) is 24. The van der Waals surface area contributed by atoms with Gasteiger partial charge in [-0.05, 0) is 25.1 Å². The summed E-state index contributed by atoms with van der Waals surface area (Å²) in [6.07, 6.45) is 38.3. The average molecular weight is 537 g/mol. The summed E-state index contributed by atoms with van der Waals surface area (Å²) in [5.74, 6) is -0.0885. The summed E-state index contributed by atoms with van der Waals surface area (Å²) in [5, 5.41) is 0.607. The van der Waals surface area contributed by atoms with Crippen molar-refractivity contribution in [1.82, 2.24) is 0 Å². The molecular formula is C34H64O2S. The lowest BCUT2D eigenvalue weighted by Gasteiger charge is -2.26. The van der Waals surface area contributed by atoms with Gasteiger partial charge >= 0.3 is 5.97 Å². The van der Waals surface area contributed by atoms with E-state index in [1.807, 2.05) is 0 Å². The first-order valence-electron chi connectivity index (χ1n) is 16.9. The van der Waals surface area contributed by atoms with Gasteiger partial charge in [-0.2, -0.15) is 0 Å². The molecule has 0 radical (unpaired) electrons. The van der Waals surface area contributed by atoms with Crippen LogP contribution in [0.15, 0.2) is 0 Å². The van der Waals surface area contributed by atoms with Crippen molar-refractivity contribution >= 4 is 23.2 Å². The maximum Gasteiger partial charge on any atom is 0.312 e. The van der Waals surface area contributed by atoms with E-state index < -0.39 is 0 Å². The number of hydrogen-bond acceptors (Lipinski definition) is 3. The van der Waals surface area contributed by atoms with Gasteiger partial charge in [0.1, 0.15) is 0 Å². The first-order chi connectivity index (χ1) is 18.1. The summed E-state index contributed by atoms with van der Waals surface area (Å²) in [4.78, 5) is 12.0. The molecule has 0 unspecified atom stereocenters. The van der Waals surface area contributed by atoms with Crippen LogP contribution >= 0.6 is 12.2 Å². The molecule has 0 aromatic rings. The van der Waals surface area contributed by atoms with Gasteiger partial charge in [0, 0.05) is 5.41 Å². The topological polar surface area (TPSA) is 26.3 Å². The molecule has 0 aromatic heterocycles. The Balaban J connectivity index is 2.04. The van der Waals surface area contributed by atoms with Crippen LogP contribution in [0.2, 0.25) is 0 Å². The third-order valence-electron chi connectivity index (χ3n) is 8.64. The van der Waals surface area contributed by atoms with E-state index in [0.29, 0.717) is 11.5 Å². The first kappa shape index (κ1) is 34.6. The monoisotopic (exact) mass is 536 g/mol. The predicted molar refractivity (Wildman–Crippen MR) is 166 cm³/mol. The van der Waals surface area contributed by atoms with Gasteiger partial charge in [-0.25, -0.2) is 0 Å². The van der Waals surface area contributed by atoms with Crippen molar-refractivity contribution in [2.75, 3.05) is 0 Å². The average Bonchev–Trinajstić information content (AvgIpc) is 3.17. The van der Waals surface area contributed by atoms with Crippen LogP contribution in [0.3, 0.4) is 0 Å². The van der Waals surface area contributed by atoms with Gasteiger partial charge in [-0.3, -0.25) is 4.79 Å². The van der Waals surface area contributed by atoms with Gasteiger partial charge in [0.15, 0.2) is 5.05 Å². The van der Waals surface area contributed by atoms with E-state index in [1.54, 1.807) is 0 Å². The Labute approximate surface area is 237 Å². The highest BCUT2D eigenvalue weighted by atomic mass is 32.1. The van der Waals surface area contributed by atoms with Gasteiger partial charge < -0.3 is 4.74 Å². The van der Waals surface area contributed by atoms with Crippen LogP contribution in [0.4, 0.5) is 0 Å². The van der Waals surface area contributed by atoms with E-state index >= 15 is 0 Å². The van der Waals surface area contributed by atoms with Crippen molar-refractivity contribution in [3.05, 3.63) is 0 Å². The summed E-state index contributed by atoms with van der Waals surface area (Å²) in [5.41, 5.74) is -0.137. The molecule has 0 amide bonds. The third-order valence-corrected chi connectivity index (χ3v) is 9.16. The maximum atomic E-state index is 12.0. The Morgan fingerprint density at radius 3 is 1.03 bits per heavy atom. The second-order valence-electron chi connectivity index (χ2n) is 12.2. The first-order valence-corrected chi connectivity index (χ1v) is 17.3. The Morgan fingerprint density at radius 1 is 0.514 bits per heavy atom. The minimum Gasteiger partial charge on any atom is -0.419 e. The Morgan fingerprint density at radius 2 is 0.784 bits per heavy atom. The summed E-state index contributed by atoms with van der Waals surface area (Å²) in [6.45, 7) is 4.57. The number of ether oxygens (including phenoxy) is 1. The fourth-order valence-electron chi connectivity index (χ4n) is 6.06. The molecule has 0 bridgehead atoms. The van der Waals surface area contributed by atoms with Crippen molar-refractivity contribution in [2.45, 2.75) is 200 Å². The van der Waals surface area contributed by atoms with E-state index in [2.05, 4.69) is 13.8 Å². The summed E-state index contributed by atoms with van der Waals surface area (Å²) < 4.78 is 5.40.